The van der Waals surface area contributed by atoms with Crippen LogP contribution in [0, 0.1) is 0 Å². The largest absolute Gasteiger partial charge is 0.480 e. The van der Waals surface area contributed by atoms with Crippen LogP contribution in [0.3, 0.4) is 0 Å². The van der Waals surface area contributed by atoms with Gasteiger partial charge in [-0.15, -0.1) is 0 Å². The molecular weight excluding hydrogens is 282 g/mol. The van der Waals surface area contributed by atoms with E-state index in [9.17, 15) is 19.5 Å². The maximum Gasteiger partial charge on any atom is 0.326 e. The average molecular weight is 295 g/mol. The lowest BCUT2D eigenvalue weighted by molar-refractivity contribution is -0.143. The molecule has 112 valence electrons. The highest BCUT2D eigenvalue weighted by atomic mass is 16.4. The molecule has 21 heavy (non-hydrogen) atoms. The van der Waals surface area contributed by atoms with Gasteiger partial charge < -0.3 is 26.0 Å². The van der Waals surface area contributed by atoms with Crippen molar-refractivity contribution < 1.29 is 29.4 Å². The minimum atomic E-state index is -1.59. The number of rotatable bonds is 8. The molecule has 0 fully saturated rings. The third-order valence-corrected chi connectivity index (χ3v) is 2.56. The van der Waals surface area contributed by atoms with E-state index in [0.717, 1.165) is 0 Å². The second-order valence-corrected chi connectivity index (χ2v) is 4.06. The summed E-state index contributed by atoms with van der Waals surface area (Å²) in [5.41, 5.74) is 8.27. The van der Waals surface area contributed by atoms with E-state index >= 15 is 0 Å². The second-order valence-electron chi connectivity index (χ2n) is 4.06. The molecule has 1 heterocycles. The summed E-state index contributed by atoms with van der Waals surface area (Å²) in [6, 6.07) is -1.36. The SMILES string of the molecule is [N-]=[N+]=CC(=O)CCC(NC(=O)C(O)c1cnc[nH]1)C(=O)O. The van der Waals surface area contributed by atoms with Crippen LogP contribution < -0.4 is 5.32 Å². The van der Waals surface area contributed by atoms with E-state index in [-0.39, 0.29) is 18.5 Å². The van der Waals surface area contributed by atoms with Crippen LogP contribution in [0.1, 0.15) is 24.6 Å². The zero-order valence-corrected chi connectivity index (χ0v) is 10.8. The van der Waals surface area contributed by atoms with Crippen LogP contribution in [0.2, 0.25) is 0 Å². The molecule has 0 saturated carbocycles. The van der Waals surface area contributed by atoms with Gasteiger partial charge in [0.25, 0.3) is 5.91 Å². The highest BCUT2D eigenvalue weighted by molar-refractivity contribution is 6.25. The van der Waals surface area contributed by atoms with Gasteiger partial charge in [0.05, 0.1) is 18.2 Å². The van der Waals surface area contributed by atoms with Gasteiger partial charge in [-0.2, -0.15) is 4.79 Å². The van der Waals surface area contributed by atoms with E-state index in [4.69, 9.17) is 10.6 Å². The number of hydrogen-bond donors (Lipinski definition) is 4. The molecule has 1 rings (SSSR count). The highest BCUT2D eigenvalue weighted by Crippen LogP contribution is 2.09. The van der Waals surface area contributed by atoms with Gasteiger partial charge in [-0.1, -0.05) is 0 Å². The molecule has 2 unspecified atom stereocenters. The normalized spacial score (nSPS) is 12.8. The topological polar surface area (TPSA) is 169 Å². The number of hydrogen-bond acceptors (Lipinski definition) is 5. The molecule has 0 aromatic carbocycles. The summed E-state index contributed by atoms with van der Waals surface area (Å²) in [4.78, 5) is 42.5. The Morgan fingerprint density at radius 1 is 1.52 bits per heavy atom. The first-order valence-electron chi connectivity index (χ1n) is 5.85. The predicted molar refractivity (Wildman–Crippen MR) is 67.0 cm³/mol. The molecule has 0 saturated heterocycles. The molecule has 1 amide bonds. The number of carbonyl (C=O) groups is 3. The molecule has 0 aliphatic heterocycles. The molecule has 0 aliphatic carbocycles. The fourth-order valence-corrected chi connectivity index (χ4v) is 1.48. The molecule has 10 heteroatoms. The number of aliphatic hydroxyl groups is 1. The Morgan fingerprint density at radius 2 is 2.24 bits per heavy atom. The molecule has 1 aromatic heterocycles. The third-order valence-electron chi connectivity index (χ3n) is 2.56. The summed E-state index contributed by atoms with van der Waals surface area (Å²) >= 11 is 0. The fraction of sp³-hybridized carbons (Fsp3) is 0.364. The molecule has 2 atom stereocenters. The minimum Gasteiger partial charge on any atom is -0.480 e. The van der Waals surface area contributed by atoms with Crippen molar-refractivity contribution in [2.45, 2.75) is 25.0 Å². The van der Waals surface area contributed by atoms with Crippen molar-refractivity contribution in [3.63, 3.8) is 0 Å². The average Bonchev–Trinajstić information content (AvgIpc) is 2.96. The lowest BCUT2D eigenvalue weighted by atomic mass is 10.1. The smallest absolute Gasteiger partial charge is 0.326 e. The Balaban J connectivity index is 2.61. The lowest BCUT2D eigenvalue weighted by Gasteiger charge is -2.15. The first-order valence-corrected chi connectivity index (χ1v) is 5.85. The first kappa shape index (κ1) is 16.2. The van der Waals surface area contributed by atoms with Crippen LogP contribution >= 0.6 is 0 Å². The van der Waals surface area contributed by atoms with E-state index in [2.05, 4.69) is 20.1 Å². The van der Waals surface area contributed by atoms with Gasteiger partial charge >= 0.3 is 12.2 Å². The van der Waals surface area contributed by atoms with E-state index < -0.39 is 29.8 Å². The number of aliphatic carboxylic acids is 1. The Morgan fingerprint density at radius 3 is 2.76 bits per heavy atom. The summed E-state index contributed by atoms with van der Waals surface area (Å²) in [6.45, 7) is 0. The van der Waals surface area contributed by atoms with Crippen LogP contribution in [0.5, 0.6) is 0 Å². The van der Waals surface area contributed by atoms with Crippen LogP contribution in [-0.2, 0) is 14.4 Å². The number of nitrogens with zero attached hydrogens (tertiary/aromatic N) is 3. The fourth-order valence-electron chi connectivity index (χ4n) is 1.48. The molecule has 4 N–H and O–H groups in total. The van der Waals surface area contributed by atoms with Crippen LogP contribution in [0.15, 0.2) is 12.5 Å². The Kier molecular flexibility index (Phi) is 5.93. The van der Waals surface area contributed by atoms with Crippen molar-refractivity contribution >= 4 is 23.9 Å². The third kappa shape index (κ3) is 4.97. The first-order chi connectivity index (χ1) is 9.95. The molecule has 10 nitrogen and oxygen atoms in total. The second kappa shape index (κ2) is 7.68. The lowest BCUT2D eigenvalue weighted by Crippen LogP contribution is -2.43. The number of amides is 1. The van der Waals surface area contributed by atoms with Crippen LogP contribution in [0.4, 0.5) is 0 Å². The van der Waals surface area contributed by atoms with Crippen LogP contribution in [0.25, 0.3) is 5.53 Å². The van der Waals surface area contributed by atoms with Gasteiger partial charge in [0, 0.05) is 6.42 Å². The summed E-state index contributed by atoms with van der Waals surface area (Å²) in [6.07, 6.45) is 1.09. The number of carbonyl (C=O) groups excluding carboxylic acids is 2. The van der Waals surface area contributed by atoms with Gasteiger partial charge in [0.1, 0.15) is 6.04 Å². The monoisotopic (exact) mass is 295 g/mol. The zero-order valence-electron chi connectivity index (χ0n) is 10.8. The maximum absolute atomic E-state index is 11.7. The van der Waals surface area contributed by atoms with Gasteiger partial charge in [-0.05, 0) is 6.42 Å². The van der Waals surface area contributed by atoms with Crippen molar-refractivity contribution in [1.29, 1.82) is 0 Å². The van der Waals surface area contributed by atoms with Gasteiger partial charge in [-0.25, -0.2) is 9.78 Å². The Labute approximate surface area is 118 Å². The summed E-state index contributed by atoms with van der Waals surface area (Å²) in [5, 5.41) is 20.7. The number of aromatic amines is 1. The van der Waals surface area contributed by atoms with Gasteiger partial charge in [0.2, 0.25) is 5.78 Å². The number of imidazole rings is 1. The van der Waals surface area contributed by atoms with E-state index in [1.165, 1.54) is 12.5 Å². The number of aliphatic hydroxyl groups excluding tert-OH is 1. The number of H-pyrrole nitrogens is 1. The van der Waals surface area contributed by atoms with E-state index in [1.807, 2.05) is 0 Å². The van der Waals surface area contributed by atoms with E-state index in [0.29, 0.717) is 6.21 Å². The van der Waals surface area contributed by atoms with Crippen molar-refractivity contribution in [3.05, 3.63) is 23.7 Å². The number of carboxylic acids is 1. The molecule has 0 bridgehead atoms. The van der Waals surface area contributed by atoms with Crippen molar-refractivity contribution in [2.24, 2.45) is 0 Å². The molecule has 1 aromatic rings. The van der Waals surface area contributed by atoms with Gasteiger partial charge in [0.15, 0.2) is 6.10 Å². The quantitative estimate of drug-likeness (QED) is 0.263. The number of nitrogens with one attached hydrogen (secondary N) is 2. The number of aromatic nitrogens is 2. The number of carboxylic acid groups (broad SMARTS) is 1. The van der Waals surface area contributed by atoms with E-state index in [1.54, 1.807) is 0 Å². The molecule has 0 spiro atoms. The van der Waals surface area contributed by atoms with Crippen molar-refractivity contribution in [3.8, 4) is 0 Å². The van der Waals surface area contributed by atoms with Gasteiger partial charge in [-0.3, -0.25) is 9.59 Å². The maximum atomic E-state index is 11.7. The van der Waals surface area contributed by atoms with Crippen molar-refractivity contribution in [1.82, 2.24) is 15.3 Å². The summed E-state index contributed by atoms with van der Waals surface area (Å²) in [7, 11) is 0. The highest BCUT2D eigenvalue weighted by Gasteiger charge is 2.26. The Bertz CT molecular complexity index is 564. The Hall–Kier alpha value is -2.84. The minimum absolute atomic E-state index is 0.111. The molecular formula is C11H13N5O5. The zero-order chi connectivity index (χ0) is 15.8. The predicted octanol–water partition coefficient (Wildman–Crippen LogP) is -1.34. The number of ketones is 1. The van der Waals surface area contributed by atoms with Crippen LogP contribution in [-0.4, -0.2) is 54.9 Å². The summed E-state index contributed by atoms with van der Waals surface area (Å²) < 4.78 is 0. The number of Topliss-reactive ketones (excluding diaryl/α,β-unsaturated/α-hetero) is 1. The van der Waals surface area contributed by atoms with Crippen molar-refractivity contribution in [2.75, 3.05) is 0 Å². The summed E-state index contributed by atoms with van der Waals surface area (Å²) in [5.74, 6) is -2.88. The standard InChI is InChI=1S/C11H13N5O5/c12-15-3-6(17)1-2-7(11(20)21)16-10(19)9(18)8-4-13-5-14-8/h3-5,7,9,18H,1-2H2,(H,13,14)(H,16,19)(H,20,21). The molecule has 0 aliphatic rings. The molecule has 0 radical (unpaired) electrons.